The number of nitrogens with zero attached hydrogens (tertiary/aromatic N) is 1. The highest BCUT2D eigenvalue weighted by molar-refractivity contribution is 8.00. The molecule has 2 aromatic carbocycles. The maximum Gasteiger partial charge on any atom is 0.242 e. The van der Waals surface area contributed by atoms with Crippen LogP contribution in [0.3, 0.4) is 0 Å². The Balaban J connectivity index is 1.91. The van der Waals surface area contributed by atoms with Crippen LogP contribution in [0.1, 0.15) is 17.7 Å². The van der Waals surface area contributed by atoms with E-state index >= 15 is 0 Å². The van der Waals surface area contributed by atoms with Crippen molar-refractivity contribution in [3.63, 3.8) is 0 Å². The summed E-state index contributed by atoms with van der Waals surface area (Å²) in [6.07, 6.45) is 0. The molecule has 0 fully saturated rings. The summed E-state index contributed by atoms with van der Waals surface area (Å²) >= 11 is 1.55. The zero-order valence-electron chi connectivity index (χ0n) is 14.5. The molecule has 0 unspecified atom stereocenters. The van der Waals surface area contributed by atoms with Crippen LogP contribution in [0.2, 0.25) is 0 Å². The molecular weight excluding hydrogens is 356 g/mol. The number of anilines is 1. The lowest BCUT2D eigenvalue weighted by Crippen LogP contribution is -2.22. The fraction of sp³-hybridized carbons (Fsp3) is 0.278. The monoisotopic (exact) mass is 378 g/mol. The number of nitrogens with one attached hydrogen (secondary N) is 1. The zero-order chi connectivity index (χ0) is 18.4. The Morgan fingerprint density at radius 2 is 1.68 bits per heavy atom. The number of thioether (sulfide) groups is 1. The van der Waals surface area contributed by atoms with E-state index in [0.29, 0.717) is 11.4 Å². The largest absolute Gasteiger partial charge is 0.325 e. The van der Waals surface area contributed by atoms with Crippen LogP contribution in [0.25, 0.3) is 0 Å². The molecule has 0 aromatic heterocycles. The number of carbonyl (C=O) groups is 1. The first-order valence-electron chi connectivity index (χ1n) is 7.79. The fourth-order valence-electron chi connectivity index (χ4n) is 2.14. The summed E-state index contributed by atoms with van der Waals surface area (Å²) in [5.41, 5.74) is 1.76. The van der Waals surface area contributed by atoms with Crippen molar-refractivity contribution in [3.05, 3.63) is 60.2 Å². The van der Waals surface area contributed by atoms with Crippen LogP contribution in [0.5, 0.6) is 0 Å². The molecule has 2 aromatic rings. The molecular formula is C18H22N2O3S2. The third-order valence-corrected chi connectivity index (χ3v) is 6.68. The average Bonchev–Trinajstić information content (AvgIpc) is 2.60. The molecule has 0 bridgehead atoms. The van der Waals surface area contributed by atoms with Gasteiger partial charge in [0.25, 0.3) is 0 Å². The van der Waals surface area contributed by atoms with Gasteiger partial charge in [-0.1, -0.05) is 30.3 Å². The molecule has 1 amide bonds. The lowest BCUT2D eigenvalue weighted by molar-refractivity contribution is -0.113. The predicted molar refractivity (Wildman–Crippen MR) is 103 cm³/mol. The van der Waals surface area contributed by atoms with Crippen LogP contribution >= 0.6 is 11.8 Å². The van der Waals surface area contributed by atoms with E-state index in [1.54, 1.807) is 23.9 Å². The number of amides is 1. The standard InChI is InChI=1S/C18H22N2O3S2/c1-14(15-7-5-4-6-8-15)24-13-18(21)19-16-9-11-17(12-10-16)25(22,23)20(2)3/h4-12,14H,13H2,1-3H3,(H,19,21)/t14-/m1/s1. The quantitative estimate of drug-likeness (QED) is 0.802. The van der Waals surface area contributed by atoms with Gasteiger partial charge >= 0.3 is 0 Å². The first kappa shape index (κ1) is 19.5. The molecule has 7 heteroatoms. The molecule has 25 heavy (non-hydrogen) atoms. The van der Waals surface area contributed by atoms with E-state index in [2.05, 4.69) is 12.2 Å². The van der Waals surface area contributed by atoms with Gasteiger partial charge in [-0.05, 0) is 36.8 Å². The maximum absolute atomic E-state index is 12.1. The van der Waals surface area contributed by atoms with Crippen molar-refractivity contribution >= 4 is 33.4 Å². The van der Waals surface area contributed by atoms with Crippen LogP contribution < -0.4 is 5.32 Å². The lowest BCUT2D eigenvalue weighted by Gasteiger charge is -2.13. The second-order valence-corrected chi connectivity index (χ2v) is 9.20. The van der Waals surface area contributed by atoms with Gasteiger partial charge < -0.3 is 5.32 Å². The second kappa shape index (κ2) is 8.51. The second-order valence-electron chi connectivity index (χ2n) is 5.72. The summed E-state index contributed by atoms with van der Waals surface area (Å²) in [4.78, 5) is 12.3. The van der Waals surface area contributed by atoms with Crippen LogP contribution in [0.15, 0.2) is 59.5 Å². The van der Waals surface area contributed by atoms with Gasteiger partial charge in [0.1, 0.15) is 0 Å². The third kappa shape index (κ3) is 5.32. The first-order chi connectivity index (χ1) is 11.8. The molecule has 0 spiro atoms. The Morgan fingerprint density at radius 1 is 1.08 bits per heavy atom. The number of sulfonamides is 1. The van der Waals surface area contributed by atoms with E-state index in [9.17, 15) is 13.2 Å². The molecule has 0 aliphatic carbocycles. The molecule has 5 nitrogen and oxygen atoms in total. The number of hydrogen-bond donors (Lipinski definition) is 1. The van der Waals surface area contributed by atoms with E-state index in [-0.39, 0.29) is 16.1 Å². The van der Waals surface area contributed by atoms with E-state index in [0.717, 1.165) is 4.31 Å². The first-order valence-corrected chi connectivity index (χ1v) is 10.3. The summed E-state index contributed by atoms with van der Waals surface area (Å²) in [7, 11) is -0.493. The summed E-state index contributed by atoms with van der Waals surface area (Å²) in [5, 5.41) is 3.01. The Labute approximate surface area is 153 Å². The van der Waals surface area contributed by atoms with Gasteiger partial charge in [0.2, 0.25) is 15.9 Å². The van der Waals surface area contributed by atoms with Crippen molar-refractivity contribution in [1.29, 1.82) is 0 Å². The highest BCUT2D eigenvalue weighted by atomic mass is 32.2. The molecule has 1 atom stereocenters. The molecule has 0 saturated carbocycles. The van der Waals surface area contributed by atoms with E-state index in [4.69, 9.17) is 0 Å². The van der Waals surface area contributed by atoms with Crippen LogP contribution in [0, 0.1) is 0 Å². The van der Waals surface area contributed by atoms with Crippen molar-refractivity contribution in [2.75, 3.05) is 25.2 Å². The zero-order valence-corrected chi connectivity index (χ0v) is 16.1. The predicted octanol–water partition coefficient (Wildman–Crippen LogP) is 3.37. The Bertz CT molecular complexity index is 804. The smallest absolute Gasteiger partial charge is 0.242 e. The fourth-order valence-corrected chi connectivity index (χ4v) is 3.86. The normalized spacial score (nSPS) is 12.8. The maximum atomic E-state index is 12.1. The minimum Gasteiger partial charge on any atom is -0.325 e. The van der Waals surface area contributed by atoms with Gasteiger partial charge in [-0.2, -0.15) is 0 Å². The van der Waals surface area contributed by atoms with Crippen LogP contribution in [-0.4, -0.2) is 38.5 Å². The summed E-state index contributed by atoms with van der Waals surface area (Å²) in [6, 6.07) is 16.2. The molecule has 0 saturated heterocycles. The van der Waals surface area contributed by atoms with E-state index < -0.39 is 10.0 Å². The molecule has 2 rings (SSSR count). The van der Waals surface area contributed by atoms with Crippen LogP contribution in [-0.2, 0) is 14.8 Å². The van der Waals surface area contributed by atoms with Gasteiger partial charge in [-0.25, -0.2) is 12.7 Å². The van der Waals surface area contributed by atoms with Gasteiger partial charge in [0.05, 0.1) is 10.6 Å². The summed E-state index contributed by atoms with van der Waals surface area (Å²) < 4.78 is 25.2. The van der Waals surface area contributed by atoms with Gasteiger partial charge in [0, 0.05) is 25.0 Å². The Hall–Kier alpha value is -1.83. The lowest BCUT2D eigenvalue weighted by atomic mass is 10.2. The minimum atomic E-state index is -3.46. The molecule has 0 aliphatic rings. The topological polar surface area (TPSA) is 66.5 Å². The van der Waals surface area contributed by atoms with E-state index in [1.807, 2.05) is 30.3 Å². The molecule has 0 heterocycles. The van der Waals surface area contributed by atoms with Crippen molar-refractivity contribution in [1.82, 2.24) is 4.31 Å². The number of carbonyl (C=O) groups excluding carboxylic acids is 1. The summed E-state index contributed by atoms with van der Waals surface area (Å²) in [6.45, 7) is 2.06. The Kier molecular flexibility index (Phi) is 6.64. The average molecular weight is 379 g/mol. The SMILES string of the molecule is C[C@@H](SCC(=O)Nc1ccc(S(=O)(=O)N(C)C)cc1)c1ccccc1. The minimum absolute atomic E-state index is 0.115. The Morgan fingerprint density at radius 3 is 2.24 bits per heavy atom. The molecule has 0 aliphatic heterocycles. The number of hydrogen-bond acceptors (Lipinski definition) is 4. The third-order valence-electron chi connectivity index (χ3n) is 3.65. The van der Waals surface area contributed by atoms with Crippen molar-refractivity contribution in [3.8, 4) is 0 Å². The van der Waals surface area contributed by atoms with E-state index in [1.165, 1.54) is 31.8 Å². The van der Waals surface area contributed by atoms with Crippen molar-refractivity contribution < 1.29 is 13.2 Å². The summed E-state index contributed by atoms with van der Waals surface area (Å²) in [5.74, 6) is 0.212. The van der Waals surface area contributed by atoms with Crippen LogP contribution in [0.4, 0.5) is 5.69 Å². The van der Waals surface area contributed by atoms with Gasteiger partial charge in [-0.3, -0.25) is 4.79 Å². The molecule has 1 N–H and O–H groups in total. The van der Waals surface area contributed by atoms with Gasteiger partial charge in [-0.15, -0.1) is 11.8 Å². The number of rotatable bonds is 7. The highest BCUT2D eigenvalue weighted by Gasteiger charge is 2.17. The van der Waals surface area contributed by atoms with Crippen molar-refractivity contribution in [2.45, 2.75) is 17.1 Å². The van der Waals surface area contributed by atoms with Gasteiger partial charge in [0.15, 0.2) is 0 Å². The molecule has 134 valence electrons. The number of benzene rings is 2. The molecule has 0 radical (unpaired) electrons. The van der Waals surface area contributed by atoms with Crippen molar-refractivity contribution in [2.24, 2.45) is 0 Å². The highest BCUT2D eigenvalue weighted by Crippen LogP contribution is 2.27.